The maximum atomic E-state index is 14.2. The first-order valence-electron chi connectivity index (χ1n) is 8.62. The molecule has 0 radical (unpaired) electrons. The Morgan fingerprint density at radius 1 is 1.29 bits per heavy atom. The van der Waals surface area contributed by atoms with Crippen LogP contribution in [-0.4, -0.2) is 34.0 Å². The van der Waals surface area contributed by atoms with Gasteiger partial charge in [0.25, 0.3) is 0 Å². The predicted octanol–water partition coefficient (Wildman–Crippen LogP) is 3.05. The monoisotopic (exact) mass is 326 g/mol. The van der Waals surface area contributed by atoms with Gasteiger partial charge in [-0.05, 0) is 31.9 Å². The van der Waals surface area contributed by atoms with Crippen LogP contribution >= 0.6 is 0 Å². The van der Waals surface area contributed by atoms with E-state index in [2.05, 4.69) is 38.2 Å². The van der Waals surface area contributed by atoms with Crippen LogP contribution in [0.15, 0.2) is 28.8 Å². The molecule has 2 aliphatic rings. The molecule has 0 bridgehead atoms. The number of aromatic nitrogens is 3. The second-order valence-electron chi connectivity index (χ2n) is 6.67. The molecule has 1 aromatic carbocycles. The average Bonchev–Trinajstić information content (AvgIpc) is 3.30. The van der Waals surface area contributed by atoms with E-state index in [1.807, 2.05) is 6.07 Å². The van der Waals surface area contributed by atoms with Crippen LogP contribution in [0.2, 0.25) is 0 Å². The van der Waals surface area contributed by atoms with Crippen LogP contribution < -0.4 is 5.32 Å². The fourth-order valence-corrected chi connectivity index (χ4v) is 4.11. The van der Waals surface area contributed by atoms with E-state index in [0.29, 0.717) is 24.7 Å². The van der Waals surface area contributed by atoms with E-state index >= 15 is 0 Å². The molecule has 2 aliphatic heterocycles. The average molecular weight is 326 g/mol. The van der Waals surface area contributed by atoms with Crippen LogP contribution in [-0.2, 0) is 13.0 Å². The minimum absolute atomic E-state index is 0.297. The SMILES string of the molecule is F[C@@H]1CNCC[C@@H]1c1nc(-c2c3n(c4ccccc24)CCC3)no1. The molecule has 3 aromatic rings. The van der Waals surface area contributed by atoms with E-state index in [9.17, 15) is 4.39 Å². The Bertz CT molecular complexity index is 900. The maximum Gasteiger partial charge on any atom is 0.233 e. The third-order valence-electron chi connectivity index (χ3n) is 5.26. The fourth-order valence-electron chi connectivity index (χ4n) is 4.11. The predicted molar refractivity (Wildman–Crippen MR) is 88.7 cm³/mol. The first-order valence-corrected chi connectivity index (χ1v) is 8.62. The summed E-state index contributed by atoms with van der Waals surface area (Å²) in [5.41, 5.74) is 3.55. The number of para-hydroxylation sites is 1. The number of halogens is 1. The van der Waals surface area contributed by atoms with Crippen molar-refractivity contribution >= 4 is 10.9 Å². The number of benzene rings is 1. The van der Waals surface area contributed by atoms with Gasteiger partial charge in [-0.25, -0.2) is 4.39 Å². The molecule has 6 heteroatoms. The molecule has 5 rings (SSSR count). The molecule has 0 saturated carbocycles. The quantitative estimate of drug-likeness (QED) is 0.786. The first kappa shape index (κ1) is 14.2. The molecule has 0 unspecified atom stereocenters. The van der Waals surface area contributed by atoms with Crippen LogP contribution in [0.5, 0.6) is 0 Å². The zero-order valence-electron chi connectivity index (χ0n) is 13.3. The van der Waals surface area contributed by atoms with Crippen molar-refractivity contribution in [3.63, 3.8) is 0 Å². The Balaban J connectivity index is 1.62. The number of alkyl halides is 1. The lowest BCUT2D eigenvalue weighted by Crippen LogP contribution is -2.36. The Hall–Kier alpha value is -2.21. The van der Waals surface area contributed by atoms with Gasteiger partial charge < -0.3 is 14.4 Å². The summed E-state index contributed by atoms with van der Waals surface area (Å²) in [6.07, 6.45) is 1.88. The minimum Gasteiger partial charge on any atom is -0.344 e. The van der Waals surface area contributed by atoms with Crippen molar-refractivity contribution in [3.05, 3.63) is 35.9 Å². The Morgan fingerprint density at radius 3 is 3.12 bits per heavy atom. The third kappa shape index (κ3) is 2.02. The van der Waals surface area contributed by atoms with Gasteiger partial charge >= 0.3 is 0 Å². The van der Waals surface area contributed by atoms with E-state index in [1.165, 1.54) is 11.2 Å². The highest BCUT2D eigenvalue weighted by Crippen LogP contribution is 2.38. The lowest BCUT2D eigenvalue weighted by molar-refractivity contribution is 0.197. The molecule has 24 heavy (non-hydrogen) atoms. The molecule has 1 N–H and O–H groups in total. The number of rotatable bonds is 2. The molecular weight excluding hydrogens is 307 g/mol. The summed E-state index contributed by atoms with van der Waals surface area (Å²) >= 11 is 0. The Labute approximate surface area is 138 Å². The van der Waals surface area contributed by atoms with E-state index in [4.69, 9.17) is 4.52 Å². The topological polar surface area (TPSA) is 55.9 Å². The maximum absolute atomic E-state index is 14.2. The number of hydrogen-bond donors (Lipinski definition) is 1. The molecule has 2 atom stereocenters. The van der Waals surface area contributed by atoms with Crippen molar-refractivity contribution in [2.24, 2.45) is 0 Å². The van der Waals surface area contributed by atoms with Gasteiger partial charge in [0, 0.05) is 29.7 Å². The van der Waals surface area contributed by atoms with Crippen molar-refractivity contribution in [3.8, 4) is 11.4 Å². The van der Waals surface area contributed by atoms with Crippen molar-refractivity contribution in [2.75, 3.05) is 13.1 Å². The normalized spacial score (nSPS) is 23.7. The minimum atomic E-state index is -0.969. The standard InChI is InChI=1S/C18H19FN4O/c19-13-10-20-8-7-11(13)18-21-17(22-24-18)16-12-4-1-2-5-14(12)23-9-3-6-15(16)23/h1-2,4-5,11,13,20H,3,6-10H2/t11-,13+/m0/s1. The molecule has 0 spiro atoms. The summed E-state index contributed by atoms with van der Waals surface area (Å²) in [6.45, 7) is 2.17. The van der Waals surface area contributed by atoms with Crippen LogP contribution in [0.3, 0.4) is 0 Å². The van der Waals surface area contributed by atoms with Crippen LogP contribution in [0.4, 0.5) is 4.39 Å². The van der Waals surface area contributed by atoms with Crippen molar-refractivity contribution < 1.29 is 8.91 Å². The van der Waals surface area contributed by atoms with Crippen LogP contribution in [0, 0.1) is 0 Å². The van der Waals surface area contributed by atoms with Crippen molar-refractivity contribution in [2.45, 2.75) is 37.9 Å². The van der Waals surface area contributed by atoms with E-state index in [-0.39, 0.29) is 5.92 Å². The zero-order valence-corrected chi connectivity index (χ0v) is 13.3. The number of piperidine rings is 1. The molecule has 124 valence electrons. The van der Waals surface area contributed by atoms with Gasteiger partial charge in [-0.3, -0.25) is 0 Å². The number of nitrogens with one attached hydrogen (secondary N) is 1. The molecule has 0 aliphatic carbocycles. The summed E-state index contributed by atoms with van der Waals surface area (Å²) in [7, 11) is 0. The van der Waals surface area contributed by atoms with Gasteiger partial charge in [0.05, 0.1) is 11.5 Å². The van der Waals surface area contributed by atoms with Crippen LogP contribution in [0.1, 0.15) is 30.3 Å². The second kappa shape index (κ2) is 5.41. The summed E-state index contributed by atoms with van der Waals surface area (Å²) in [6, 6.07) is 8.34. The highest BCUT2D eigenvalue weighted by molar-refractivity contribution is 5.96. The van der Waals surface area contributed by atoms with Gasteiger partial charge in [0.1, 0.15) is 6.17 Å². The van der Waals surface area contributed by atoms with Gasteiger partial charge in [0.15, 0.2) is 0 Å². The first-order chi connectivity index (χ1) is 11.8. The van der Waals surface area contributed by atoms with Gasteiger partial charge in [-0.1, -0.05) is 23.4 Å². The third-order valence-corrected chi connectivity index (χ3v) is 5.26. The van der Waals surface area contributed by atoms with Gasteiger partial charge in [-0.15, -0.1) is 0 Å². The fraction of sp³-hybridized carbons (Fsp3) is 0.444. The molecular formula is C18H19FN4O. The summed E-state index contributed by atoms with van der Waals surface area (Å²) in [5, 5.41) is 8.42. The molecule has 5 nitrogen and oxygen atoms in total. The lowest BCUT2D eigenvalue weighted by atomic mass is 9.96. The smallest absolute Gasteiger partial charge is 0.233 e. The zero-order chi connectivity index (χ0) is 16.1. The molecule has 0 amide bonds. The van der Waals surface area contributed by atoms with E-state index in [1.54, 1.807) is 0 Å². The number of hydrogen-bond acceptors (Lipinski definition) is 4. The van der Waals surface area contributed by atoms with Gasteiger partial charge in [-0.2, -0.15) is 4.98 Å². The Kier molecular flexibility index (Phi) is 3.19. The summed E-state index contributed by atoms with van der Waals surface area (Å²) in [5.74, 6) is 0.734. The molecule has 1 fully saturated rings. The van der Waals surface area contributed by atoms with E-state index in [0.717, 1.165) is 36.9 Å². The largest absolute Gasteiger partial charge is 0.344 e. The molecule has 2 aromatic heterocycles. The number of nitrogens with zero attached hydrogens (tertiary/aromatic N) is 3. The highest BCUT2D eigenvalue weighted by atomic mass is 19.1. The highest BCUT2D eigenvalue weighted by Gasteiger charge is 2.32. The number of aryl methyl sites for hydroxylation is 1. The van der Waals surface area contributed by atoms with E-state index < -0.39 is 6.17 Å². The van der Waals surface area contributed by atoms with Crippen LogP contribution in [0.25, 0.3) is 22.3 Å². The van der Waals surface area contributed by atoms with Crippen molar-refractivity contribution in [1.29, 1.82) is 0 Å². The molecule has 1 saturated heterocycles. The summed E-state index contributed by atoms with van der Waals surface area (Å²) < 4.78 is 22.0. The van der Waals surface area contributed by atoms with Crippen molar-refractivity contribution in [1.82, 2.24) is 20.0 Å². The Morgan fingerprint density at radius 2 is 2.21 bits per heavy atom. The summed E-state index contributed by atoms with van der Waals surface area (Å²) in [4.78, 5) is 4.60. The molecule has 4 heterocycles. The number of fused-ring (bicyclic) bond motifs is 3. The second-order valence-corrected chi connectivity index (χ2v) is 6.67. The lowest BCUT2D eigenvalue weighted by Gasteiger charge is -2.23. The van der Waals surface area contributed by atoms with Gasteiger partial charge in [0.2, 0.25) is 11.7 Å².